The quantitative estimate of drug-likeness (QED) is 0.882. The van der Waals surface area contributed by atoms with Gasteiger partial charge in [0.15, 0.2) is 0 Å². The van der Waals surface area contributed by atoms with Crippen molar-refractivity contribution in [2.75, 3.05) is 18.6 Å². The van der Waals surface area contributed by atoms with E-state index in [-0.39, 0.29) is 0 Å². The van der Waals surface area contributed by atoms with Gasteiger partial charge in [-0.05, 0) is 25.0 Å². The molecule has 5 heteroatoms. The molecule has 0 saturated carbocycles. The zero-order valence-electron chi connectivity index (χ0n) is 12.8. The van der Waals surface area contributed by atoms with Gasteiger partial charge in [0.2, 0.25) is 5.88 Å². The Bertz CT molecular complexity index is 583. The minimum Gasteiger partial charge on any atom is -0.478 e. The highest BCUT2D eigenvalue weighted by Crippen LogP contribution is 2.18. The molecule has 0 unspecified atom stereocenters. The summed E-state index contributed by atoms with van der Waals surface area (Å²) in [5.74, 6) is 2.18. The van der Waals surface area contributed by atoms with Crippen molar-refractivity contribution >= 4 is 5.82 Å². The number of nitrogens with two attached hydrogens (primary N) is 1. The van der Waals surface area contributed by atoms with Crippen LogP contribution in [0.25, 0.3) is 0 Å². The second-order valence-electron chi connectivity index (χ2n) is 4.92. The first-order valence-electron chi connectivity index (χ1n) is 7.10. The minimum absolute atomic E-state index is 0.568. The van der Waals surface area contributed by atoms with Crippen LogP contribution in [0.15, 0.2) is 30.3 Å². The third kappa shape index (κ3) is 4.16. The topological polar surface area (TPSA) is 64.3 Å². The maximum Gasteiger partial charge on any atom is 0.218 e. The number of hydrogen-bond acceptors (Lipinski definition) is 5. The predicted molar refractivity (Wildman–Crippen MR) is 84.4 cm³/mol. The van der Waals surface area contributed by atoms with Gasteiger partial charge in [0.25, 0.3) is 0 Å². The average Bonchev–Trinajstić information content (AvgIpc) is 2.48. The lowest BCUT2D eigenvalue weighted by molar-refractivity contribution is 0.325. The second-order valence-corrected chi connectivity index (χ2v) is 4.92. The molecule has 112 valence electrons. The Labute approximate surface area is 125 Å². The fourth-order valence-electron chi connectivity index (χ4n) is 2.08. The van der Waals surface area contributed by atoms with Gasteiger partial charge in [0.05, 0.1) is 6.61 Å². The molecular formula is C16H22N4O. The van der Waals surface area contributed by atoms with E-state index in [0.717, 1.165) is 17.9 Å². The van der Waals surface area contributed by atoms with Crippen LogP contribution < -0.4 is 15.4 Å². The van der Waals surface area contributed by atoms with Gasteiger partial charge in [-0.2, -0.15) is 4.98 Å². The maximum absolute atomic E-state index is 5.61. The summed E-state index contributed by atoms with van der Waals surface area (Å²) in [6, 6.07) is 10.2. The highest BCUT2D eigenvalue weighted by molar-refractivity contribution is 5.42. The molecule has 1 aromatic heterocycles. The van der Waals surface area contributed by atoms with Crippen LogP contribution >= 0.6 is 0 Å². The lowest BCUT2D eigenvalue weighted by atomic mass is 10.1. The number of ether oxygens (including phenoxy) is 1. The summed E-state index contributed by atoms with van der Waals surface area (Å²) < 4.78 is 5.47. The summed E-state index contributed by atoms with van der Waals surface area (Å²) >= 11 is 0. The maximum atomic E-state index is 5.61. The van der Waals surface area contributed by atoms with Crippen molar-refractivity contribution in [3.05, 3.63) is 47.3 Å². The van der Waals surface area contributed by atoms with Gasteiger partial charge < -0.3 is 15.4 Å². The molecule has 1 aromatic carbocycles. The summed E-state index contributed by atoms with van der Waals surface area (Å²) in [6.07, 6.45) is 0. The third-order valence-electron chi connectivity index (χ3n) is 3.16. The van der Waals surface area contributed by atoms with Crippen LogP contribution in [0.1, 0.15) is 23.9 Å². The van der Waals surface area contributed by atoms with Crippen LogP contribution in [0, 0.1) is 6.92 Å². The van der Waals surface area contributed by atoms with Crippen molar-refractivity contribution in [3.63, 3.8) is 0 Å². The Morgan fingerprint density at radius 2 is 1.81 bits per heavy atom. The van der Waals surface area contributed by atoms with Gasteiger partial charge in [-0.1, -0.05) is 24.3 Å². The highest BCUT2D eigenvalue weighted by Gasteiger charge is 2.08. The number of rotatable bonds is 6. The summed E-state index contributed by atoms with van der Waals surface area (Å²) in [4.78, 5) is 10.8. The Morgan fingerprint density at radius 1 is 1.14 bits per heavy atom. The van der Waals surface area contributed by atoms with Crippen LogP contribution in [0.4, 0.5) is 5.82 Å². The predicted octanol–water partition coefficient (Wildman–Crippen LogP) is 2.28. The zero-order chi connectivity index (χ0) is 15.2. The normalized spacial score (nSPS) is 10.5. The Hall–Kier alpha value is -2.14. The van der Waals surface area contributed by atoms with Crippen molar-refractivity contribution in [2.24, 2.45) is 5.73 Å². The number of nitrogens with zero attached hydrogens (tertiary/aromatic N) is 3. The summed E-state index contributed by atoms with van der Waals surface area (Å²) in [5, 5.41) is 0. The van der Waals surface area contributed by atoms with E-state index in [9.17, 15) is 0 Å². The van der Waals surface area contributed by atoms with E-state index in [2.05, 4.69) is 39.1 Å². The van der Waals surface area contributed by atoms with E-state index >= 15 is 0 Å². The van der Waals surface area contributed by atoms with Gasteiger partial charge in [0.1, 0.15) is 11.6 Å². The van der Waals surface area contributed by atoms with Gasteiger partial charge >= 0.3 is 0 Å². The molecule has 0 spiro atoms. The number of benzene rings is 1. The molecule has 0 aliphatic heterocycles. The van der Waals surface area contributed by atoms with Crippen LogP contribution in [0.3, 0.4) is 0 Å². The highest BCUT2D eigenvalue weighted by atomic mass is 16.5. The molecule has 0 radical (unpaired) electrons. The van der Waals surface area contributed by atoms with E-state index < -0.39 is 0 Å². The van der Waals surface area contributed by atoms with E-state index in [1.165, 1.54) is 5.56 Å². The number of aryl methyl sites for hydroxylation is 1. The number of aromatic nitrogens is 2. The molecular weight excluding hydrogens is 264 g/mol. The minimum atomic E-state index is 0.568. The molecule has 0 amide bonds. The van der Waals surface area contributed by atoms with Crippen molar-refractivity contribution in [1.29, 1.82) is 0 Å². The average molecular weight is 286 g/mol. The molecule has 0 atom stereocenters. The van der Waals surface area contributed by atoms with Gasteiger partial charge in [-0.15, -0.1) is 0 Å². The van der Waals surface area contributed by atoms with E-state index in [1.807, 2.05) is 27.0 Å². The second kappa shape index (κ2) is 7.04. The lowest BCUT2D eigenvalue weighted by Gasteiger charge is -2.19. The number of anilines is 1. The molecule has 21 heavy (non-hydrogen) atoms. The zero-order valence-corrected chi connectivity index (χ0v) is 12.8. The Morgan fingerprint density at radius 3 is 2.43 bits per heavy atom. The van der Waals surface area contributed by atoms with Crippen molar-refractivity contribution in [1.82, 2.24) is 9.97 Å². The Balaban J connectivity index is 2.13. The summed E-state index contributed by atoms with van der Waals surface area (Å²) in [6.45, 7) is 5.75. The standard InChI is InChI=1S/C16H22N4O/c1-4-21-16-9-15(18-12(2)19-16)20(3)11-14-7-5-13(10-17)6-8-14/h5-9H,4,10-11,17H2,1-3H3. The molecule has 0 aliphatic carbocycles. The van der Waals surface area contributed by atoms with E-state index in [1.54, 1.807) is 0 Å². The van der Waals surface area contributed by atoms with Crippen LogP contribution in [0.5, 0.6) is 5.88 Å². The third-order valence-corrected chi connectivity index (χ3v) is 3.16. The first-order chi connectivity index (χ1) is 10.1. The van der Waals surface area contributed by atoms with Crippen molar-refractivity contribution < 1.29 is 4.74 Å². The van der Waals surface area contributed by atoms with Gasteiger partial charge in [-0.3, -0.25) is 0 Å². The number of hydrogen-bond donors (Lipinski definition) is 1. The fraction of sp³-hybridized carbons (Fsp3) is 0.375. The lowest BCUT2D eigenvalue weighted by Crippen LogP contribution is -2.18. The van der Waals surface area contributed by atoms with Gasteiger partial charge in [0, 0.05) is 26.2 Å². The van der Waals surface area contributed by atoms with Crippen LogP contribution in [-0.4, -0.2) is 23.6 Å². The molecule has 0 saturated heterocycles. The van der Waals surface area contributed by atoms with Crippen molar-refractivity contribution in [2.45, 2.75) is 26.9 Å². The molecule has 2 rings (SSSR count). The fourth-order valence-corrected chi connectivity index (χ4v) is 2.08. The molecule has 2 N–H and O–H groups in total. The molecule has 2 aromatic rings. The van der Waals surface area contributed by atoms with Crippen LogP contribution in [0.2, 0.25) is 0 Å². The van der Waals surface area contributed by atoms with E-state index in [4.69, 9.17) is 10.5 Å². The van der Waals surface area contributed by atoms with Crippen molar-refractivity contribution in [3.8, 4) is 5.88 Å². The SMILES string of the molecule is CCOc1cc(N(C)Cc2ccc(CN)cc2)nc(C)n1. The molecule has 0 bridgehead atoms. The smallest absolute Gasteiger partial charge is 0.218 e. The Kier molecular flexibility index (Phi) is 5.11. The molecule has 5 nitrogen and oxygen atoms in total. The summed E-state index contributed by atoms with van der Waals surface area (Å²) in [5.41, 5.74) is 7.96. The monoisotopic (exact) mass is 286 g/mol. The largest absolute Gasteiger partial charge is 0.478 e. The summed E-state index contributed by atoms with van der Waals surface area (Å²) in [7, 11) is 2.01. The molecule has 0 aliphatic rings. The van der Waals surface area contributed by atoms with Gasteiger partial charge in [-0.25, -0.2) is 4.98 Å². The first kappa shape index (κ1) is 15.3. The molecule has 0 fully saturated rings. The first-order valence-corrected chi connectivity index (χ1v) is 7.10. The van der Waals surface area contributed by atoms with Crippen LogP contribution in [-0.2, 0) is 13.1 Å². The molecule has 1 heterocycles. The van der Waals surface area contributed by atoms with E-state index in [0.29, 0.717) is 24.9 Å².